The topological polar surface area (TPSA) is 125 Å². The minimum absolute atomic E-state index is 0.126. The number of nitrogens with one attached hydrogen (secondary N) is 2. The maximum Gasteiger partial charge on any atom is 0.250 e. The van der Waals surface area contributed by atoms with Crippen molar-refractivity contribution < 1.29 is 13.2 Å². The van der Waals surface area contributed by atoms with Crippen molar-refractivity contribution in [2.75, 3.05) is 18.8 Å². The predicted molar refractivity (Wildman–Crippen MR) is 107 cm³/mol. The Hall–Kier alpha value is -2.65. The van der Waals surface area contributed by atoms with Gasteiger partial charge in [0, 0.05) is 36.4 Å². The number of amides is 1. The van der Waals surface area contributed by atoms with E-state index in [0.29, 0.717) is 18.7 Å². The fraction of sp³-hybridized carbons (Fsp3) is 0.368. The highest BCUT2D eigenvalue weighted by atomic mass is 32.2. The van der Waals surface area contributed by atoms with Gasteiger partial charge in [0.2, 0.25) is 10.0 Å². The number of aromatic nitrogens is 3. The molecule has 0 atom stereocenters. The molecular weight excluding hydrogens is 378 g/mol. The van der Waals surface area contributed by atoms with Crippen LogP contribution in [0.25, 0.3) is 22.0 Å². The van der Waals surface area contributed by atoms with E-state index in [0.717, 1.165) is 40.4 Å². The second-order valence-electron chi connectivity index (χ2n) is 7.12. The largest absolute Gasteiger partial charge is 0.366 e. The van der Waals surface area contributed by atoms with Gasteiger partial charge in [-0.3, -0.25) is 9.89 Å². The van der Waals surface area contributed by atoms with E-state index in [-0.39, 0.29) is 11.7 Å². The third-order valence-corrected chi connectivity index (χ3v) is 7.45. The van der Waals surface area contributed by atoms with Gasteiger partial charge in [0.15, 0.2) is 0 Å². The molecule has 0 aliphatic carbocycles. The molecule has 0 spiro atoms. The summed E-state index contributed by atoms with van der Waals surface area (Å²) in [6.07, 6.45) is 6.88. The van der Waals surface area contributed by atoms with Gasteiger partial charge >= 0.3 is 0 Å². The average Bonchev–Trinajstić information content (AvgIpc) is 3.37. The van der Waals surface area contributed by atoms with E-state index < -0.39 is 15.9 Å². The number of primary amides is 1. The Bertz CT molecular complexity index is 1110. The Labute approximate surface area is 163 Å². The van der Waals surface area contributed by atoms with Gasteiger partial charge in [0.25, 0.3) is 5.91 Å². The van der Waals surface area contributed by atoms with Crippen molar-refractivity contribution in [2.24, 2.45) is 5.73 Å². The molecule has 0 radical (unpaired) electrons. The number of nitrogens with zero attached hydrogens (tertiary/aromatic N) is 2. The van der Waals surface area contributed by atoms with Crippen molar-refractivity contribution in [1.29, 1.82) is 0 Å². The fourth-order valence-corrected chi connectivity index (χ4v) is 5.12. The first-order chi connectivity index (χ1) is 13.4. The van der Waals surface area contributed by atoms with Crippen LogP contribution < -0.4 is 5.73 Å². The molecule has 3 aromatic rings. The minimum atomic E-state index is -3.16. The van der Waals surface area contributed by atoms with Gasteiger partial charge in [0.05, 0.1) is 23.0 Å². The zero-order valence-electron chi connectivity index (χ0n) is 15.6. The molecule has 0 bridgehead atoms. The summed E-state index contributed by atoms with van der Waals surface area (Å²) in [4.78, 5) is 15.2. The number of benzene rings is 1. The van der Waals surface area contributed by atoms with Crippen LogP contribution in [0.4, 0.5) is 0 Å². The number of piperidine rings is 1. The van der Waals surface area contributed by atoms with Gasteiger partial charge < -0.3 is 10.7 Å². The lowest BCUT2D eigenvalue weighted by Gasteiger charge is -2.31. The number of hydrogen-bond acceptors (Lipinski definition) is 4. The van der Waals surface area contributed by atoms with E-state index in [1.165, 1.54) is 0 Å². The predicted octanol–water partition coefficient (Wildman–Crippen LogP) is 2.19. The number of fused-ring (bicyclic) bond motifs is 1. The molecule has 1 amide bonds. The summed E-state index contributed by atoms with van der Waals surface area (Å²) in [5.41, 5.74) is 9.60. The van der Waals surface area contributed by atoms with Crippen LogP contribution in [0.5, 0.6) is 0 Å². The number of rotatable bonds is 5. The van der Waals surface area contributed by atoms with Crippen molar-refractivity contribution in [2.45, 2.75) is 25.7 Å². The maximum absolute atomic E-state index is 12.1. The van der Waals surface area contributed by atoms with Crippen molar-refractivity contribution in [3.8, 4) is 11.1 Å². The molecule has 0 saturated carbocycles. The summed E-state index contributed by atoms with van der Waals surface area (Å²) in [6, 6.07) is 3.81. The quantitative estimate of drug-likeness (QED) is 0.606. The van der Waals surface area contributed by atoms with Crippen LogP contribution in [0.2, 0.25) is 0 Å². The zero-order chi connectivity index (χ0) is 19.9. The molecule has 4 rings (SSSR count). The molecule has 1 aliphatic rings. The van der Waals surface area contributed by atoms with E-state index in [2.05, 4.69) is 15.2 Å². The molecule has 28 heavy (non-hydrogen) atoms. The Balaban J connectivity index is 1.72. The van der Waals surface area contributed by atoms with Crippen LogP contribution in [0.1, 0.15) is 41.6 Å². The fourth-order valence-electron chi connectivity index (χ4n) is 3.99. The molecule has 2 aromatic heterocycles. The highest BCUT2D eigenvalue weighted by Crippen LogP contribution is 2.37. The summed E-state index contributed by atoms with van der Waals surface area (Å²) in [5.74, 6) is -0.147. The van der Waals surface area contributed by atoms with Gasteiger partial charge in [-0.25, -0.2) is 12.7 Å². The van der Waals surface area contributed by atoms with Crippen molar-refractivity contribution in [3.63, 3.8) is 0 Å². The highest BCUT2D eigenvalue weighted by Gasteiger charge is 2.29. The molecule has 1 fully saturated rings. The third kappa shape index (κ3) is 3.20. The van der Waals surface area contributed by atoms with E-state index in [9.17, 15) is 13.2 Å². The Kier molecular flexibility index (Phi) is 4.72. The second kappa shape index (κ2) is 7.06. The molecule has 148 valence electrons. The molecule has 3 heterocycles. The Morgan fingerprint density at radius 1 is 1.25 bits per heavy atom. The Morgan fingerprint density at radius 2 is 2.00 bits per heavy atom. The van der Waals surface area contributed by atoms with Gasteiger partial charge in [-0.05, 0) is 48.9 Å². The second-order valence-corrected chi connectivity index (χ2v) is 9.37. The van der Waals surface area contributed by atoms with Crippen LogP contribution in [0.3, 0.4) is 0 Å². The standard InChI is InChI=1S/C19H23N5O3S/c1-2-28(26,27)24-5-3-12(4-6-24)17-11-21-18-15(17)7-13(8-16(18)19(20)25)14-9-22-23-10-14/h7-12,21H,2-6H2,1H3,(H2,20,25)(H,22,23). The van der Waals surface area contributed by atoms with Gasteiger partial charge in [-0.2, -0.15) is 5.10 Å². The lowest BCUT2D eigenvalue weighted by Crippen LogP contribution is -2.38. The number of H-pyrrole nitrogens is 2. The molecular formula is C19H23N5O3S. The third-order valence-electron chi connectivity index (χ3n) is 5.57. The zero-order valence-corrected chi connectivity index (χ0v) is 16.4. The Morgan fingerprint density at radius 3 is 2.61 bits per heavy atom. The van der Waals surface area contributed by atoms with Crippen molar-refractivity contribution in [1.82, 2.24) is 19.5 Å². The van der Waals surface area contributed by atoms with Gasteiger partial charge in [0.1, 0.15) is 0 Å². The summed E-state index contributed by atoms with van der Waals surface area (Å²) in [6.45, 7) is 2.69. The van der Waals surface area contributed by atoms with E-state index in [1.807, 2.05) is 12.3 Å². The lowest BCUT2D eigenvalue weighted by atomic mass is 9.88. The highest BCUT2D eigenvalue weighted by molar-refractivity contribution is 7.89. The van der Waals surface area contributed by atoms with Crippen LogP contribution >= 0.6 is 0 Å². The van der Waals surface area contributed by atoms with Crippen LogP contribution in [0.15, 0.2) is 30.7 Å². The number of sulfonamides is 1. The molecule has 4 N–H and O–H groups in total. The first-order valence-corrected chi connectivity index (χ1v) is 10.9. The van der Waals surface area contributed by atoms with Crippen molar-refractivity contribution in [3.05, 3.63) is 41.9 Å². The summed E-state index contributed by atoms with van der Waals surface area (Å²) < 4.78 is 25.8. The van der Waals surface area contributed by atoms with Crippen LogP contribution in [0, 0.1) is 0 Å². The van der Waals surface area contributed by atoms with Gasteiger partial charge in [-0.1, -0.05) is 0 Å². The smallest absolute Gasteiger partial charge is 0.250 e. The number of aromatic amines is 2. The minimum Gasteiger partial charge on any atom is -0.366 e. The number of hydrogen-bond donors (Lipinski definition) is 3. The molecule has 9 heteroatoms. The van der Waals surface area contributed by atoms with E-state index in [1.54, 1.807) is 29.7 Å². The monoisotopic (exact) mass is 401 g/mol. The average molecular weight is 401 g/mol. The van der Waals surface area contributed by atoms with Crippen LogP contribution in [-0.4, -0.2) is 52.7 Å². The van der Waals surface area contributed by atoms with Crippen LogP contribution in [-0.2, 0) is 10.0 Å². The number of carbonyl (C=O) groups is 1. The molecule has 1 aromatic carbocycles. The summed E-state index contributed by atoms with van der Waals surface area (Å²) in [5, 5.41) is 7.71. The summed E-state index contributed by atoms with van der Waals surface area (Å²) in [7, 11) is -3.16. The normalized spacial score (nSPS) is 16.6. The molecule has 1 saturated heterocycles. The van der Waals surface area contributed by atoms with Crippen molar-refractivity contribution >= 4 is 26.8 Å². The van der Waals surface area contributed by atoms with Gasteiger partial charge in [-0.15, -0.1) is 0 Å². The molecule has 0 unspecified atom stereocenters. The SMILES string of the molecule is CCS(=O)(=O)N1CCC(c2c[nH]c3c(C(N)=O)cc(-c4cn[nH]c4)cc23)CC1. The lowest BCUT2D eigenvalue weighted by molar-refractivity contribution is 0.100. The number of carbonyl (C=O) groups excluding carboxylic acids is 1. The maximum atomic E-state index is 12.1. The van der Waals surface area contributed by atoms with E-state index in [4.69, 9.17) is 5.73 Å². The number of nitrogens with two attached hydrogens (primary N) is 1. The first-order valence-electron chi connectivity index (χ1n) is 9.32. The van der Waals surface area contributed by atoms with E-state index >= 15 is 0 Å². The first kappa shape index (κ1) is 18.7. The molecule has 1 aliphatic heterocycles. The molecule has 8 nitrogen and oxygen atoms in total. The summed E-state index contributed by atoms with van der Waals surface area (Å²) >= 11 is 0.